The molecule has 5 heteroatoms. The first-order valence-electron chi connectivity index (χ1n) is 5.79. The Hall–Kier alpha value is -0.390. The number of benzene rings is 1. The van der Waals surface area contributed by atoms with E-state index >= 15 is 0 Å². The number of phenols is 1. The van der Waals surface area contributed by atoms with E-state index in [9.17, 15) is 9.32 Å². The second-order valence-corrected chi connectivity index (χ2v) is 7.09. The van der Waals surface area contributed by atoms with Gasteiger partial charge in [-0.3, -0.25) is 9.11 Å². The molecule has 0 unspecified atom stereocenters. The zero-order chi connectivity index (χ0) is 13.9. The molecule has 0 saturated carbocycles. The predicted molar refractivity (Wildman–Crippen MR) is 80.4 cm³/mol. The van der Waals surface area contributed by atoms with E-state index in [1.54, 1.807) is 6.26 Å². The molecule has 1 aromatic carbocycles. The van der Waals surface area contributed by atoms with Gasteiger partial charge in [0.25, 0.3) is 0 Å². The zero-order valence-electron chi connectivity index (χ0n) is 11.2. The molecule has 0 heterocycles. The molecule has 1 aromatic rings. The molecular weight excluding hydrogens is 314 g/mol. The quantitative estimate of drug-likeness (QED) is 0.900. The minimum absolute atomic E-state index is 0.217. The largest absolute Gasteiger partial charge is 0.506 e. The normalized spacial score (nSPS) is 14.8. The van der Waals surface area contributed by atoms with E-state index in [0.29, 0.717) is 12.3 Å². The summed E-state index contributed by atoms with van der Waals surface area (Å²) in [4.78, 5) is 2.10. The first-order valence-corrected chi connectivity index (χ1v) is 8.31. The number of aryl methyl sites for hydroxylation is 1. The van der Waals surface area contributed by atoms with Crippen LogP contribution in [0.2, 0.25) is 0 Å². The summed E-state index contributed by atoms with van der Waals surface area (Å²) in [6.45, 7) is 4.69. The number of phenolic OH excluding ortho intramolecular Hbond substituents is 1. The minimum Gasteiger partial charge on any atom is -0.506 e. The van der Waals surface area contributed by atoms with Crippen molar-refractivity contribution in [1.82, 2.24) is 4.90 Å². The van der Waals surface area contributed by atoms with Crippen molar-refractivity contribution in [3.05, 3.63) is 27.7 Å². The minimum atomic E-state index is -0.802. The van der Waals surface area contributed by atoms with E-state index in [2.05, 4.69) is 20.8 Å². The van der Waals surface area contributed by atoms with Crippen LogP contribution >= 0.6 is 15.9 Å². The van der Waals surface area contributed by atoms with Crippen molar-refractivity contribution in [1.29, 1.82) is 0 Å². The van der Waals surface area contributed by atoms with E-state index in [0.717, 1.165) is 15.6 Å². The summed E-state index contributed by atoms with van der Waals surface area (Å²) < 4.78 is 11.9. The number of rotatable bonds is 5. The molecule has 0 aliphatic carbocycles. The van der Waals surface area contributed by atoms with Crippen molar-refractivity contribution in [2.24, 2.45) is 0 Å². The molecule has 18 heavy (non-hydrogen) atoms. The van der Waals surface area contributed by atoms with Crippen LogP contribution in [0.3, 0.4) is 0 Å². The third-order valence-corrected chi connectivity index (χ3v) is 4.49. The Labute approximate surface area is 120 Å². The monoisotopic (exact) mass is 333 g/mol. The molecule has 0 spiro atoms. The molecule has 0 bridgehead atoms. The number of hydrogen-bond donors (Lipinski definition) is 1. The maximum atomic E-state index is 11.2. The van der Waals surface area contributed by atoms with E-state index in [-0.39, 0.29) is 11.8 Å². The van der Waals surface area contributed by atoms with Gasteiger partial charge in [-0.2, -0.15) is 0 Å². The molecule has 0 radical (unpaired) electrons. The Morgan fingerprint density at radius 3 is 2.67 bits per heavy atom. The Balaban J connectivity index is 2.81. The van der Waals surface area contributed by atoms with Crippen LogP contribution in [0.15, 0.2) is 16.6 Å². The smallest absolute Gasteiger partial charge is 0.134 e. The highest BCUT2D eigenvalue weighted by molar-refractivity contribution is 9.10. The Morgan fingerprint density at radius 2 is 2.11 bits per heavy atom. The van der Waals surface area contributed by atoms with Gasteiger partial charge >= 0.3 is 0 Å². The van der Waals surface area contributed by atoms with Crippen LogP contribution < -0.4 is 0 Å². The van der Waals surface area contributed by atoms with E-state index in [4.69, 9.17) is 0 Å². The molecule has 0 aromatic heterocycles. The highest BCUT2D eigenvalue weighted by Crippen LogP contribution is 2.30. The number of nitrogens with zero attached hydrogens (tertiary/aromatic N) is 1. The molecule has 0 aliphatic rings. The molecule has 0 fully saturated rings. The lowest BCUT2D eigenvalue weighted by Crippen LogP contribution is -2.32. The second-order valence-electron chi connectivity index (χ2n) is 4.76. The molecule has 1 N–H and O–H groups in total. The Bertz CT molecular complexity index is 451. The predicted octanol–water partition coefficient (Wildman–Crippen LogP) is 2.66. The van der Waals surface area contributed by atoms with Crippen molar-refractivity contribution in [2.75, 3.05) is 19.1 Å². The summed E-state index contributed by atoms with van der Waals surface area (Å²) in [7, 11) is 1.18. The topological polar surface area (TPSA) is 40.5 Å². The molecule has 3 nitrogen and oxygen atoms in total. The van der Waals surface area contributed by atoms with Crippen molar-refractivity contribution in [3.8, 4) is 5.75 Å². The lowest BCUT2D eigenvalue weighted by Gasteiger charge is -2.24. The Morgan fingerprint density at radius 1 is 1.50 bits per heavy atom. The van der Waals surface area contributed by atoms with Gasteiger partial charge in [0.05, 0.1) is 4.47 Å². The van der Waals surface area contributed by atoms with Crippen LogP contribution in [0.4, 0.5) is 0 Å². The van der Waals surface area contributed by atoms with Crippen molar-refractivity contribution >= 4 is 26.7 Å². The lowest BCUT2D eigenvalue weighted by atomic mass is 10.1. The van der Waals surface area contributed by atoms with Gasteiger partial charge in [-0.25, -0.2) is 0 Å². The van der Waals surface area contributed by atoms with Gasteiger partial charge in [0.15, 0.2) is 0 Å². The number of aromatic hydroxyl groups is 1. The lowest BCUT2D eigenvalue weighted by molar-refractivity contribution is 0.264. The molecule has 2 atom stereocenters. The van der Waals surface area contributed by atoms with Gasteiger partial charge in [0.2, 0.25) is 0 Å². The highest BCUT2D eigenvalue weighted by Gasteiger charge is 2.14. The van der Waals surface area contributed by atoms with Crippen LogP contribution in [0.5, 0.6) is 5.75 Å². The maximum absolute atomic E-state index is 11.2. The first kappa shape index (κ1) is 15.7. The first-order chi connectivity index (χ1) is 8.31. The fourth-order valence-electron chi connectivity index (χ4n) is 1.82. The zero-order valence-corrected chi connectivity index (χ0v) is 13.6. The van der Waals surface area contributed by atoms with Crippen molar-refractivity contribution in [2.45, 2.75) is 26.4 Å². The van der Waals surface area contributed by atoms with Gasteiger partial charge < -0.3 is 5.11 Å². The van der Waals surface area contributed by atoms with Crippen molar-refractivity contribution in [3.63, 3.8) is 0 Å². The van der Waals surface area contributed by atoms with Crippen LogP contribution in [0.25, 0.3) is 0 Å². The molecule has 1 rings (SSSR count). The van der Waals surface area contributed by atoms with E-state index in [1.165, 1.54) is 0 Å². The molecule has 0 amide bonds. The summed E-state index contributed by atoms with van der Waals surface area (Å²) in [5.41, 5.74) is 1.99. The average Bonchev–Trinajstić information content (AvgIpc) is 2.24. The van der Waals surface area contributed by atoms with Gasteiger partial charge in [-0.1, -0.05) is 6.07 Å². The fourth-order valence-corrected chi connectivity index (χ4v) is 3.37. The fraction of sp³-hybridized carbons (Fsp3) is 0.538. The average molecular weight is 334 g/mol. The SMILES string of the molecule is Cc1cc(Br)c(O)c(CN(C)[C@H](C)C[S@](C)=O)c1. The standard InChI is InChI=1S/C13H20BrNO2S/c1-9-5-11(13(16)12(14)6-9)7-15(3)10(2)8-18(4)17/h5-6,10,16H,7-8H2,1-4H3/t10-,18+/m1/s1. The summed E-state index contributed by atoms with van der Waals surface area (Å²) in [5, 5.41) is 10.0. The third-order valence-electron chi connectivity index (χ3n) is 2.93. The van der Waals surface area contributed by atoms with Gasteiger partial charge in [-0.15, -0.1) is 0 Å². The van der Waals surface area contributed by atoms with Crippen LogP contribution in [-0.4, -0.2) is 39.3 Å². The third kappa shape index (κ3) is 4.37. The highest BCUT2D eigenvalue weighted by atomic mass is 79.9. The summed E-state index contributed by atoms with van der Waals surface area (Å²) in [5.74, 6) is 0.932. The summed E-state index contributed by atoms with van der Waals surface area (Å²) in [6.07, 6.45) is 1.71. The maximum Gasteiger partial charge on any atom is 0.134 e. The van der Waals surface area contributed by atoms with Gasteiger partial charge in [0, 0.05) is 41.0 Å². The number of hydrogen-bond acceptors (Lipinski definition) is 3. The molecular formula is C13H20BrNO2S. The van der Waals surface area contributed by atoms with Crippen LogP contribution in [0.1, 0.15) is 18.1 Å². The van der Waals surface area contributed by atoms with Gasteiger partial charge in [-0.05, 0) is 48.5 Å². The molecule has 0 aliphatic heterocycles. The Kier molecular flexibility index (Phi) is 5.82. The molecule has 0 saturated heterocycles. The summed E-state index contributed by atoms with van der Waals surface area (Å²) >= 11 is 3.35. The second kappa shape index (κ2) is 6.68. The van der Waals surface area contributed by atoms with Crippen LogP contribution in [-0.2, 0) is 17.3 Å². The van der Waals surface area contributed by atoms with Gasteiger partial charge in [0.1, 0.15) is 5.75 Å². The summed E-state index contributed by atoms with van der Waals surface area (Å²) in [6, 6.07) is 4.09. The van der Waals surface area contributed by atoms with Crippen LogP contribution in [0, 0.1) is 6.92 Å². The molecule has 102 valence electrons. The van der Waals surface area contributed by atoms with E-state index in [1.807, 2.05) is 33.0 Å². The number of halogens is 1. The van der Waals surface area contributed by atoms with Crippen molar-refractivity contribution < 1.29 is 9.32 Å². The van der Waals surface area contributed by atoms with E-state index < -0.39 is 10.8 Å².